The van der Waals surface area contributed by atoms with Crippen molar-refractivity contribution in [3.63, 3.8) is 0 Å². The van der Waals surface area contributed by atoms with Crippen molar-refractivity contribution in [1.29, 1.82) is 0 Å². The summed E-state index contributed by atoms with van der Waals surface area (Å²) in [5, 5.41) is 9.99. The van der Waals surface area contributed by atoms with Gasteiger partial charge in [0.05, 0.1) is 32.5 Å². The first-order valence-corrected chi connectivity index (χ1v) is 6.13. The van der Waals surface area contributed by atoms with E-state index in [4.69, 9.17) is 9.47 Å². The fourth-order valence-electron chi connectivity index (χ4n) is 2.22. The molecule has 2 heterocycles. The molecule has 0 aliphatic carbocycles. The first kappa shape index (κ1) is 21.6. The maximum absolute atomic E-state index is 9.99. The van der Waals surface area contributed by atoms with Crippen LogP contribution in [0.15, 0.2) is 0 Å². The molecule has 2 rings (SSSR count). The van der Waals surface area contributed by atoms with Gasteiger partial charge in [0.25, 0.3) is 0 Å². The Morgan fingerprint density at radius 3 is 1.42 bits per heavy atom. The Kier molecular flexibility index (Phi) is 13.8. The van der Waals surface area contributed by atoms with Gasteiger partial charge in [0, 0.05) is 39.3 Å². The largest absolute Gasteiger partial charge is 0.412 e. The average Bonchev–Trinajstić information content (AvgIpc) is 2.31. The number of rotatable bonds is 4. The lowest BCUT2D eigenvalue weighted by Gasteiger charge is -2.32. The maximum Gasteiger partial charge on any atom is 0.0793 e. The van der Waals surface area contributed by atoms with Crippen molar-refractivity contribution in [2.75, 3.05) is 65.7 Å². The van der Waals surface area contributed by atoms with Crippen LogP contribution in [0.2, 0.25) is 0 Å². The number of morpholine rings is 2. The molecule has 8 heteroatoms. The molecule has 118 valence electrons. The van der Waals surface area contributed by atoms with E-state index in [0.29, 0.717) is 0 Å². The van der Waals surface area contributed by atoms with E-state index in [9.17, 15) is 5.11 Å². The molecule has 0 unspecified atom stereocenters. The van der Waals surface area contributed by atoms with Crippen LogP contribution < -0.4 is 0 Å². The van der Waals surface area contributed by atoms with E-state index in [1.165, 1.54) is 0 Å². The number of ether oxygens (including phenoxy) is 2. The van der Waals surface area contributed by atoms with Crippen molar-refractivity contribution < 1.29 is 20.1 Å². The third-order valence-corrected chi connectivity index (χ3v) is 3.15. The summed E-state index contributed by atoms with van der Waals surface area (Å²) in [6.45, 7) is 8.49. The van der Waals surface area contributed by atoms with E-state index in [2.05, 4.69) is 9.80 Å². The second-order valence-electron chi connectivity index (χ2n) is 4.48. The molecule has 2 saturated heterocycles. The molecule has 0 amide bonds. The summed E-state index contributed by atoms with van der Waals surface area (Å²) in [6, 6.07) is 0. The first-order chi connectivity index (χ1) is 7.84. The molecule has 2 aliphatic heterocycles. The van der Waals surface area contributed by atoms with Crippen molar-refractivity contribution in [3.8, 4) is 0 Å². The van der Waals surface area contributed by atoms with Gasteiger partial charge >= 0.3 is 0 Å². The first-order valence-electron chi connectivity index (χ1n) is 6.13. The smallest absolute Gasteiger partial charge is 0.0793 e. The second-order valence-corrected chi connectivity index (χ2v) is 4.48. The van der Waals surface area contributed by atoms with E-state index in [1.54, 1.807) is 0 Å². The molecule has 19 heavy (non-hydrogen) atoms. The molecule has 2 fully saturated rings. The van der Waals surface area contributed by atoms with Crippen molar-refractivity contribution in [1.82, 2.24) is 9.80 Å². The Bertz CT molecular complexity index is 183. The maximum atomic E-state index is 9.99. The summed E-state index contributed by atoms with van der Waals surface area (Å²) in [5.74, 6) is 0. The summed E-state index contributed by atoms with van der Waals surface area (Å²) >= 11 is 0. The average molecular weight is 321 g/mol. The Morgan fingerprint density at radius 2 is 1.11 bits per heavy atom. The zero-order chi connectivity index (χ0) is 11.2. The van der Waals surface area contributed by atoms with E-state index >= 15 is 0 Å². The number of aliphatic hydroxyl groups is 1. The van der Waals surface area contributed by atoms with Gasteiger partial charge in [-0.2, -0.15) is 0 Å². The van der Waals surface area contributed by atoms with E-state index in [-0.39, 0.29) is 36.4 Å². The summed E-state index contributed by atoms with van der Waals surface area (Å²) in [6.07, 6.45) is -0.254. The van der Waals surface area contributed by atoms with Crippen molar-refractivity contribution in [2.24, 2.45) is 0 Å². The number of β-amino-alcohol motifs (C(OH)–C–C–N with tert-alkyl or cyclic N) is 1. The van der Waals surface area contributed by atoms with Crippen LogP contribution >= 0.6 is 24.8 Å². The topological polar surface area (TPSA) is 76.7 Å². The summed E-state index contributed by atoms with van der Waals surface area (Å²) in [5.41, 5.74) is 0. The van der Waals surface area contributed by atoms with Crippen molar-refractivity contribution in [2.45, 2.75) is 6.10 Å². The molecule has 0 aromatic carbocycles. The van der Waals surface area contributed by atoms with Crippen molar-refractivity contribution >= 4 is 24.8 Å². The van der Waals surface area contributed by atoms with Gasteiger partial charge in [0.1, 0.15) is 0 Å². The monoisotopic (exact) mass is 320 g/mol. The van der Waals surface area contributed by atoms with E-state index < -0.39 is 0 Å². The van der Waals surface area contributed by atoms with Crippen LogP contribution in [-0.4, -0.2) is 92.2 Å². The number of halogens is 2. The highest BCUT2D eigenvalue weighted by Gasteiger charge is 2.18. The molecule has 0 bridgehead atoms. The predicted molar refractivity (Wildman–Crippen MR) is 78.6 cm³/mol. The lowest BCUT2D eigenvalue weighted by Crippen LogP contribution is -2.46. The molecule has 0 aromatic heterocycles. The minimum absolute atomic E-state index is 0. The normalized spacial score (nSPS) is 21.2. The highest BCUT2D eigenvalue weighted by Crippen LogP contribution is 2.02. The van der Waals surface area contributed by atoms with Gasteiger partial charge in [-0.25, -0.2) is 0 Å². The molecule has 0 atom stereocenters. The Balaban J connectivity index is 0. The minimum Gasteiger partial charge on any atom is -0.412 e. The standard InChI is InChI=1S/C11H22N2O3.2ClH.H2O/c14-11(9-12-1-5-15-6-2-12)10-13-3-7-16-8-4-13;;;/h11,14H,1-10H2;2*1H;1H2. The van der Waals surface area contributed by atoms with Gasteiger partial charge in [-0.1, -0.05) is 0 Å². The van der Waals surface area contributed by atoms with Crippen LogP contribution in [0.1, 0.15) is 0 Å². The fraction of sp³-hybridized carbons (Fsp3) is 1.00. The van der Waals surface area contributed by atoms with Gasteiger partial charge < -0.3 is 20.1 Å². The van der Waals surface area contributed by atoms with Crippen LogP contribution in [0.3, 0.4) is 0 Å². The molecule has 0 spiro atoms. The van der Waals surface area contributed by atoms with Gasteiger partial charge in [-0.05, 0) is 0 Å². The van der Waals surface area contributed by atoms with E-state index in [0.717, 1.165) is 65.7 Å². The lowest BCUT2D eigenvalue weighted by atomic mass is 10.2. The minimum atomic E-state index is -0.254. The van der Waals surface area contributed by atoms with Gasteiger partial charge in [0.15, 0.2) is 0 Å². The number of aliphatic hydroxyl groups excluding tert-OH is 1. The third-order valence-electron chi connectivity index (χ3n) is 3.15. The van der Waals surface area contributed by atoms with Gasteiger partial charge in [0.2, 0.25) is 0 Å². The fourth-order valence-corrected chi connectivity index (χ4v) is 2.22. The molecular formula is C11H26Cl2N2O4. The highest BCUT2D eigenvalue weighted by atomic mass is 35.5. The Labute approximate surface area is 127 Å². The van der Waals surface area contributed by atoms with Crippen LogP contribution in [0, 0.1) is 0 Å². The SMILES string of the molecule is Cl.Cl.O.OC(CN1CCOCC1)CN1CCOCC1. The molecule has 0 saturated carbocycles. The lowest BCUT2D eigenvalue weighted by molar-refractivity contribution is -0.0113. The molecule has 2 aliphatic rings. The zero-order valence-corrected chi connectivity index (χ0v) is 12.8. The molecule has 0 aromatic rings. The number of hydrogen-bond donors (Lipinski definition) is 1. The molecule has 6 nitrogen and oxygen atoms in total. The zero-order valence-electron chi connectivity index (χ0n) is 11.1. The third kappa shape index (κ3) is 8.27. The molecular weight excluding hydrogens is 295 g/mol. The van der Waals surface area contributed by atoms with Gasteiger partial charge in [-0.15, -0.1) is 24.8 Å². The van der Waals surface area contributed by atoms with Gasteiger partial charge in [-0.3, -0.25) is 9.80 Å². The van der Waals surface area contributed by atoms with Crippen LogP contribution in [0.4, 0.5) is 0 Å². The predicted octanol–water partition coefficient (Wildman–Crippen LogP) is -0.969. The summed E-state index contributed by atoms with van der Waals surface area (Å²) in [7, 11) is 0. The highest BCUT2D eigenvalue weighted by molar-refractivity contribution is 5.85. The number of hydrogen-bond acceptors (Lipinski definition) is 5. The van der Waals surface area contributed by atoms with Crippen LogP contribution in [0.25, 0.3) is 0 Å². The number of nitrogens with zero attached hydrogens (tertiary/aromatic N) is 2. The summed E-state index contributed by atoms with van der Waals surface area (Å²) < 4.78 is 10.6. The van der Waals surface area contributed by atoms with E-state index in [1.807, 2.05) is 0 Å². The quantitative estimate of drug-likeness (QED) is 0.721. The van der Waals surface area contributed by atoms with Crippen LogP contribution in [-0.2, 0) is 9.47 Å². The summed E-state index contributed by atoms with van der Waals surface area (Å²) in [4.78, 5) is 4.54. The van der Waals surface area contributed by atoms with Crippen LogP contribution in [0.5, 0.6) is 0 Å². The Morgan fingerprint density at radius 1 is 0.789 bits per heavy atom. The second kappa shape index (κ2) is 12.1. The Hall–Kier alpha value is 0.340. The molecule has 3 N–H and O–H groups in total. The van der Waals surface area contributed by atoms with Crippen molar-refractivity contribution in [3.05, 3.63) is 0 Å². The molecule has 0 radical (unpaired) electrons.